The van der Waals surface area contributed by atoms with Gasteiger partial charge in [-0.1, -0.05) is 126 Å². The van der Waals surface area contributed by atoms with E-state index in [-0.39, 0.29) is 12.1 Å². The van der Waals surface area contributed by atoms with Gasteiger partial charge in [0.2, 0.25) is 0 Å². The van der Waals surface area contributed by atoms with E-state index in [2.05, 4.69) is 51.1 Å². The molecule has 3 aromatic carbocycles. The van der Waals surface area contributed by atoms with Crippen LogP contribution in [0.1, 0.15) is 119 Å². The molecule has 0 aromatic heterocycles. The first kappa shape index (κ1) is 30.6. The fourth-order valence-corrected chi connectivity index (χ4v) is 4.87. The third kappa shape index (κ3) is 10.6. The van der Waals surface area contributed by atoms with Gasteiger partial charge in [0.05, 0.1) is 11.7 Å². The van der Waals surface area contributed by atoms with E-state index in [1.54, 1.807) is 0 Å². The number of esters is 1. The van der Waals surface area contributed by atoms with Crippen molar-refractivity contribution < 1.29 is 14.3 Å². The van der Waals surface area contributed by atoms with Gasteiger partial charge in [0.1, 0.15) is 5.75 Å². The number of aryl methyl sites for hydroxylation is 1. The zero-order valence-electron chi connectivity index (χ0n) is 24.4. The van der Waals surface area contributed by atoms with Gasteiger partial charge in [-0.25, -0.2) is 4.79 Å². The third-order valence-electron chi connectivity index (χ3n) is 7.42. The number of para-hydroxylation sites is 1. The summed E-state index contributed by atoms with van der Waals surface area (Å²) in [5.41, 5.74) is 5.05. The van der Waals surface area contributed by atoms with Gasteiger partial charge >= 0.3 is 5.97 Å². The maximum absolute atomic E-state index is 12.9. The Kier molecular flexibility index (Phi) is 13.8. The summed E-state index contributed by atoms with van der Waals surface area (Å²) in [6, 6.07) is 24.1. The summed E-state index contributed by atoms with van der Waals surface area (Å²) < 4.78 is 11.9. The summed E-state index contributed by atoms with van der Waals surface area (Å²) in [6.07, 6.45) is 14.8. The van der Waals surface area contributed by atoms with E-state index in [0.717, 1.165) is 42.6 Å². The van der Waals surface area contributed by atoms with E-state index in [1.165, 1.54) is 63.4 Å². The number of hydrogen-bond donors (Lipinski definition) is 0. The number of carbonyl (C=O) groups excluding carboxylic acids is 1. The van der Waals surface area contributed by atoms with Crippen molar-refractivity contribution in [1.29, 1.82) is 0 Å². The molecule has 0 heterocycles. The highest BCUT2D eigenvalue weighted by molar-refractivity contribution is 5.91. The Bertz CT molecular complexity index is 1090. The van der Waals surface area contributed by atoms with Crippen molar-refractivity contribution in [3.63, 3.8) is 0 Å². The highest BCUT2D eigenvalue weighted by Gasteiger charge is 2.12. The van der Waals surface area contributed by atoms with Gasteiger partial charge in [-0.2, -0.15) is 0 Å². The van der Waals surface area contributed by atoms with Crippen LogP contribution in [0.3, 0.4) is 0 Å². The quantitative estimate of drug-likeness (QED) is 0.0935. The van der Waals surface area contributed by atoms with Crippen LogP contribution < -0.4 is 4.74 Å². The Morgan fingerprint density at radius 3 is 1.90 bits per heavy atom. The van der Waals surface area contributed by atoms with E-state index < -0.39 is 0 Å². The summed E-state index contributed by atoms with van der Waals surface area (Å²) in [5.74, 6) is 0.362. The molecule has 210 valence electrons. The van der Waals surface area contributed by atoms with Crippen molar-refractivity contribution in [3.8, 4) is 16.9 Å². The highest BCUT2D eigenvalue weighted by atomic mass is 16.5. The van der Waals surface area contributed by atoms with Crippen LogP contribution in [0.4, 0.5) is 0 Å². The molecule has 3 nitrogen and oxygen atoms in total. The van der Waals surface area contributed by atoms with E-state index >= 15 is 0 Å². The SMILES string of the molecule is CCCCCCCCc1ccccc1OC(=O)c1ccc(-c2ccc(C(C)OCCCCCCC)cc2)cc1. The van der Waals surface area contributed by atoms with Crippen molar-refractivity contribution in [2.45, 2.75) is 104 Å². The van der Waals surface area contributed by atoms with Crippen LogP contribution in [-0.2, 0) is 11.2 Å². The van der Waals surface area contributed by atoms with Crippen molar-refractivity contribution in [2.75, 3.05) is 6.61 Å². The van der Waals surface area contributed by atoms with Crippen molar-refractivity contribution in [2.24, 2.45) is 0 Å². The molecule has 3 rings (SSSR count). The number of benzene rings is 3. The van der Waals surface area contributed by atoms with Crippen LogP contribution >= 0.6 is 0 Å². The van der Waals surface area contributed by atoms with Gasteiger partial charge < -0.3 is 9.47 Å². The molecular formula is C36H48O3. The Hall–Kier alpha value is -2.91. The fourth-order valence-electron chi connectivity index (χ4n) is 4.87. The second kappa shape index (κ2) is 17.6. The molecule has 0 aliphatic rings. The summed E-state index contributed by atoms with van der Waals surface area (Å²) in [5, 5.41) is 0. The Labute approximate surface area is 237 Å². The smallest absolute Gasteiger partial charge is 0.343 e. The third-order valence-corrected chi connectivity index (χ3v) is 7.42. The standard InChI is InChI=1S/C36H48O3/c1-4-6-8-10-11-13-17-33-18-14-15-19-35(33)39-36(37)34-26-24-32(25-27-34)31-22-20-30(21-23-31)29(3)38-28-16-12-9-7-5-2/h14-15,18-27,29H,4-13,16-17,28H2,1-3H3. The van der Waals surface area contributed by atoms with E-state index in [4.69, 9.17) is 9.47 Å². The molecule has 39 heavy (non-hydrogen) atoms. The molecule has 0 radical (unpaired) electrons. The molecule has 1 unspecified atom stereocenters. The summed E-state index contributed by atoms with van der Waals surface area (Å²) >= 11 is 0. The summed E-state index contributed by atoms with van der Waals surface area (Å²) in [6.45, 7) is 7.41. The van der Waals surface area contributed by atoms with Crippen molar-refractivity contribution in [3.05, 3.63) is 89.5 Å². The number of ether oxygens (including phenoxy) is 2. The first-order chi connectivity index (χ1) is 19.1. The molecule has 0 bridgehead atoms. The van der Waals surface area contributed by atoms with Crippen LogP contribution in [0, 0.1) is 0 Å². The van der Waals surface area contributed by atoms with Gasteiger partial charge in [-0.05, 0) is 66.6 Å². The molecule has 0 aliphatic carbocycles. The Morgan fingerprint density at radius 2 is 1.23 bits per heavy atom. The number of hydrogen-bond acceptors (Lipinski definition) is 3. The van der Waals surface area contributed by atoms with E-state index in [9.17, 15) is 4.79 Å². The Balaban J connectivity index is 1.50. The van der Waals surface area contributed by atoms with Gasteiger partial charge in [0, 0.05) is 6.61 Å². The van der Waals surface area contributed by atoms with Gasteiger partial charge in [-0.15, -0.1) is 0 Å². The predicted octanol–water partition coefficient (Wildman–Crippen LogP) is 10.5. The topological polar surface area (TPSA) is 35.5 Å². The predicted molar refractivity (Wildman–Crippen MR) is 163 cm³/mol. The molecule has 0 fully saturated rings. The lowest BCUT2D eigenvalue weighted by atomic mass is 10.0. The van der Waals surface area contributed by atoms with Crippen molar-refractivity contribution in [1.82, 2.24) is 0 Å². The van der Waals surface area contributed by atoms with Crippen LogP contribution in [0.5, 0.6) is 5.75 Å². The fraction of sp³-hybridized carbons (Fsp3) is 0.472. The maximum atomic E-state index is 12.9. The monoisotopic (exact) mass is 528 g/mol. The second-order valence-corrected chi connectivity index (χ2v) is 10.6. The van der Waals surface area contributed by atoms with Gasteiger partial charge in [-0.3, -0.25) is 0 Å². The minimum absolute atomic E-state index is 0.0892. The molecule has 0 aliphatic heterocycles. The number of rotatable bonds is 18. The highest BCUT2D eigenvalue weighted by Crippen LogP contribution is 2.26. The van der Waals surface area contributed by atoms with E-state index in [1.807, 2.05) is 42.5 Å². The lowest BCUT2D eigenvalue weighted by Crippen LogP contribution is -2.09. The van der Waals surface area contributed by atoms with Crippen molar-refractivity contribution >= 4 is 5.97 Å². The molecular weight excluding hydrogens is 480 g/mol. The molecule has 0 saturated carbocycles. The Morgan fingerprint density at radius 1 is 0.667 bits per heavy atom. The largest absolute Gasteiger partial charge is 0.423 e. The van der Waals surface area contributed by atoms with Gasteiger partial charge in [0.15, 0.2) is 0 Å². The van der Waals surface area contributed by atoms with Crippen LogP contribution in [0.25, 0.3) is 11.1 Å². The molecule has 0 amide bonds. The lowest BCUT2D eigenvalue weighted by molar-refractivity contribution is 0.0627. The zero-order chi connectivity index (χ0) is 27.7. The molecule has 0 spiro atoms. The number of carbonyl (C=O) groups is 1. The second-order valence-electron chi connectivity index (χ2n) is 10.6. The van der Waals surface area contributed by atoms with E-state index in [0.29, 0.717) is 11.3 Å². The zero-order valence-corrected chi connectivity index (χ0v) is 24.4. The normalized spacial score (nSPS) is 11.9. The molecule has 3 aromatic rings. The summed E-state index contributed by atoms with van der Waals surface area (Å²) in [4.78, 5) is 12.9. The van der Waals surface area contributed by atoms with Crippen LogP contribution in [0.15, 0.2) is 72.8 Å². The average Bonchev–Trinajstić information content (AvgIpc) is 2.97. The van der Waals surface area contributed by atoms with Crippen LogP contribution in [0.2, 0.25) is 0 Å². The lowest BCUT2D eigenvalue weighted by Gasteiger charge is -2.14. The molecule has 0 N–H and O–H groups in total. The minimum atomic E-state index is -0.312. The van der Waals surface area contributed by atoms with Gasteiger partial charge in [0.25, 0.3) is 0 Å². The minimum Gasteiger partial charge on any atom is -0.423 e. The number of unbranched alkanes of at least 4 members (excludes halogenated alkanes) is 9. The average molecular weight is 529 g/mol. The molecule has 1 atom stereocenters. The van der Waals surface area contributed by atoms with Crippen LogP contribution in [-0.4, -0.2) is 12.6 Å². The maximum Gasteiger partial charge on any atom is 0.343 e. The first-order valence-electron chi connectivity index (χ1n) is 15.2. The summed E-state index contributed by atoms with van der Waals surface area (Å²) in [7, 11) is 0. The first-order valence-corrected chi connectivity index (χ1v) is 15.2. The molecule has 3 heteroatoms. The molecule has 0 saturated heterocycles.